The molecule has 0 aromatic rings. The van der Waals surface area contributed by atoms with Crippen molar-refractivity contribution in [1.29, 1.82) is 0 Å². The van der Waals surface area contributed by atoms with Crippen LogP contribution in [-0.4, -0.2) is 49.3 Å². The average molecular weight is 1020 g/mol. The minimum Gasteiger partial charge on any atom is -0.462 e. The highest BCUT2D eigenvalue weighted by Crippen LogP contribution is 2.43. The Balaban J connectivity index is 3.97. The van der Waals surface area contributed by atoms with E-state index in [1.807, 2.05) is 0 Å². The Morgan fingerprint density at radius 3 is 1.14 bits per heavy atom. The number of phosphoric acid groups is 1. The van der Waals surface area contributed by atoms with Crippen LogP contribution in [0.25, 0.3) is 0 Å². The van der Waals surface area contributed by atoms with Gasteiger partial charge in [-0.25, -0.2) is 4.57 Å². The maximum Gasteiger partial charge on any atom is 0.472 e. The van der Waals surface area contributed by atoms with Gasteiger partial charge in [0.05, 0.1) is 13.2 Å². The quantitative estimate of drug-likeness (QED) is 0.0264. The molecule has 3 N–H and O–H groups in total. The molecule has 0 heterocycles. The van der Waals surface area contributed by atoms with Gasteiger partial charge in [0.25, 0.3) is 0 Å². The summed E-state index contributed by atoms with van der Waals surface area (Å²) >= 11 is 0. The van der Waals surface area contributed by atoms with Crippen molar-refractivity contribution in [2.45, 2.75) is 219 Å². The third-order valence-corrected chi connectivity index (χ3v) is 12.3. The Morgan fingerprint density at radius 1 is 0.431 bits per heavy atom. The average Bonchev–Trinajstić information content (AvgIpc) is 3.37. The zero-order valence-electron chi connectivity index (χ0n) is 45.4. The maximum absolute atomic E-state index is 12.6. The van der Waals surface area contributed by atoms with E-state index in [1.54, 1.807) is 0 Å². The van der Waals surface area contributed by atoms with E-state index in [2.05, 4.69) is 148 Å². The predicted molar refractivity (Wildman–Crippen MR) is 307 cm³/mol. The number of hydrogen-bond acceptors (Lipinski definition) is 8. The largest absolute Gasteiger partial charge is 0.472 e. The first-order chi connectivity index (χ1) is 35.3. The molecule has 0 amide bonds. The number of ether oxygens (including phenoxy) is 2. The smallest absolute Gasteiger partial charge is 0.462 e. The van der Waals surface area contributed by atoms with Crippen LogP contribution in [0.1, 0.15) is 213 Å². The fourth-order valence-electron chi connectivity index (χ4n) is 7.17. The van der Waals surface area contributed by atoms with Gasteiger partial charge >= 0.3 is 19.8 Å². The number of phosphoric ester groups is 1. The van der Waals surface area contributed by atoms with Gasteiger partial charge in [-0.15, -0.1) is 0 Å². The van der Waals surface area contributed by atoms with Gasteiger partial charge < -0.3 is 20.1 Å². The molecule has 9 nitrogen and oxygen atoms in total. The Labute approximate surface area is 440 Å². The van der Waals surface area contributed by atoms with Crippen molar-refractivity contribution in [3.8, 4) is 0 Å². The van der Waals surface area contributed by atoms with Gasteiger partial charge in [0.1, 0.15) is 6.61 Å². The van der Waals surface area contributed by atoms with Gasteiger partial charge in [0.15, 0.2) is 6.10 Å². The van der Waals surface area contributed by atoms with Gasteiger partial charge in [-0.2, -0.15) is 0 Å². The van der Waals surface area contributed by atoms with E-state index >= 15 is 0 Å². The molecule has 0 aliphatic rings. The van der Waals surface area contributed by atoms with E-state index in [-0.39, 0.29) is 32.6 Å². The summed E-state index contributed by atoms with van der Waals surface area (Å²) in [6.45, 7) is 3.57. The molecule has 0 radical (unpaired) electrons. The number of rotatable bonds is 51. The van der Waals surface area contributed by atoms with Gasteiger partial charge in [0.2, 0.25) is 0 Å². The second-order valence-electron chi connectivity index (χ2n) is 18.1. The summed E-state index contributed by atoms with van der Waals surface area (Å²) in [5, 5.41) is 0. The van der Waals surface area contributed by atoms with E-state index in [0.717, 1.165) is 116 Å². The molecule has 0 saturated carbocycles. The molecular formula is C62H102NO8P. The van der Waals surface area contributed by atoms with Gasteiger partial charge in [-0.3, -0.25) is 18.6 Å². The van der Waals surface area contributed by atoms with Crippen LogP contribution in [0.5, 0.6) is 0 Å². The molecule has 0 aromatic carbocycles. The molecule has 0 aromatic heterocycles. The van der Waals surface area contributed by atoms with Crippen LogP contribution >= 0.6 is 7.82 Å². The first-order valence-electron chi connectivity index (χ1n) is 28.2. The van der Waals surface area contributed by atoms with Crippen LogP contribution in [0.2, 0.25) is 0 Å². The van der Waals surface area contributed by atoms with Crippen molar-refractivity contribution in [2.24, 2.45) is 5.73 Å². The summed E-state index contributed by atoms with van der Waals surface area (Å²) in [5.74, 6) is -0.850. The molecule has 408 valence electrons. The summed E-state index contributed by atoms with van der Waals surface area (Å²) in [7, 11) is -4.39. The monoisotopic (exact) mass is 1020 g/mol. The Kier molecular flexibility index (Phi) is 53.4. The molecule has 0 aliphatic heterocycles. The molecule has 0 spiro atoms. The van der Waals surface area contributed by atoms with Crippen molar-refractivity contribution in [3.63, 3.8) is 0 Å². The molecule has 0 rings (SSSR count). The van der Waals surface area contributed by atoms with Crippen LogP contribution in [0.4, 0.5) is 0 Å². The fourth-order valence-corrected chi connectivity index (χ4v) is 7.93. The summed E-state index contributed by atoms with van der Waals surface area (Å²) in [6, 6.07) is 0. The summed E-state index contributed by atoms with van der Waals surface area (Å²) < 4.78 is 32.8. The number of allylic oxidation sites excluding steroid dienone is 22. The lowest BCUT2D eigenvalue weighted by molar-refractivity contribution is -0.161. The van der Waals surface area contributed by atoms with Crippen LogP contribution in [0, 0.1) is 0 Å². The molecule has 2 atom stereocenters. The van der Waals surface area contributed by atoms with Crippen molar-refractivity contribution < 1.29 is 37.6 Å². The molecule has 0 fully saturated rings. The Bertz CT molecular complexity index is 1630. The SMILES string of the molecule is CC/C=C\C/C=C\C/C=C\C/C=C\C/C=C\C/C=C\C/C=C\C/C=C\C/C=C\C/C=C\C/C=C\CCCCCCCCCC(=O)OC(COC(=O)CCCCCCCCCCCC)COP(=O)(O)OCCN. The van der Waals surface area contributed by atoms with E-state index in [0.29, 0.717) is 6.42 Å². The topological polar surface area (TPSA) is 134 Å². The van der Waals surface area contributed by atoms with Crippen molar-refractivity contribution >= 4 is 19.8 Å². The van der Waals surface area contributed by atoms with E-state index in [1.165, 1.54) is 64.2 Å². The third kappa shape index (κ3) is 55.5. The van der Waals surface area contributed by atoms with Crippen molar-refractivity contribution in [3.05, 3.63) is 134 Å². The predicted octanol–water partition coefficient (Wildman–Crippen LogP) is 17.8. The maximum atomic E-state index is 12.6. The lowest BCUT2D eigenvalue weighted by Crippen LogP contribution is -2.29. The minimum absolute atomic E-state index is 0.0463. The Morgan fingerprint density at radius 2 is 0.764 bits per heavy atom. The molecule has 72 heavy (non-hydrogen) atoms. The van der Waals surface area contributed by atoms with E-state index in [9.17, 15) is 19.0 Å². The number of hydrogen-bond donors (Lipinski definition) is 2. The minimum atomic E-state index is -4.39. The van der Waals surface area contributed by atoms with Crippen LogP contribution in [0.3, 0.4) is 0 Å². The number of unbranched alkanes of at least 4 members (excludes halogenated alkanes) is 16. The molecule has 2 unspecified atom stereocenters. The normalized spacial score (nSPS) is 14.1. The fraction of sp³-hybridized carbons (Fsp3) is 0.613. The zero-order chi connectivity index (χ0) is 52.4. The summed E-state index contributed by atoms with van der Waals surface area (Å²) in [6.07, 6.45) is 79.5. The van der Waals surface area contributed by atoms with Crippen LogP contribution in [0.15, 0.2) is 134 Å². The lowest BCUT2D eigenvalue weighted by atomic mass is 10.1. The number of esters is 2. The number of nitrogens with two attached hydrogens (primary N) is 1. The second-order valence-corrected chi connectivity index (χ2v) is 19.5. The zero-order valence-corrected chi connectivity index (χ0v) is 46.3. The standard InChI is InChI=1S/C62H102NO8P/c1-3-5-7-9-11-13-15-16-17-18-19-20-21-22-23-24-25-26-27-28-29-30-31-32-33-34-35-36-37-38-39-40-41-42-43-44-45-47-49-51-53-55-62(65)71-60(59-70-72(66,67)69-57-56-63)58-68-61(64)54-52-50-48-46-14-12-10-8-6-4-2/h5,7,11,13,16-17,19-20,22-23,25-26,28-29,31-32,34-35,37-38,40-41,60H,3-4,6,8-10,12,14-15,18,21,24,27,30,33,36,39,42-59,63H2,1-2H3,(H,66,67)/b7-5-,13-11-,17-16-,20-19-,23-22-,26-25-,29-28-,32-31-,35-34-,38-37-,41-40-. The molecule has 10 heteroatoms. The highest BCUT2D eigenvalue weighted by molar-refractivity contribution is 7.47. The lowest BCUT2D eigenvalue weighted by Gasteiger charge is -2.19. The molecule has 0 saturated heterocycles. The van der Waals surface area contributed by atoms with E-state index < -0.39 is 32.5 Å². The molecule has 0 bridgehead atoms. The van der Waals surface area contributed by atoms with Gasteiger partial charge in [0, 0.05) is 19.4 Å². The van der Waals surface area contributed by atoms with Gasteiger partial charge in [-0.1, -0.05) is 237 Å². The van der Waals surface area contributed by atoms with Gasteiger partial charge in [-0.05, 0) is 96.3 Å². The van der Waals surface area contributed by atoms with Crippen LogP contribution < -0.4 is 5.73 Å². The highest BCUT2D eigenvalue weighted by Gasteiger charge is 2.26. The van der Waals surface area contributed by atoms with Crippen LogP contribution in [-0.2, 0) is 32.7 Å². The Hall–Kier alpha value is -3.85. The first-order valence-corrected chi connectivity index (χ1v) is 29.7. The second kappa shape index (κ2) is 56.4. The van der Waals surface area contributed by atoms with E-state index in [4.69, 9.17) is 24.3 Å². The number of carbonyl (C=O) groups is 2. The molecule has 0 aliphatic carbocycles. The highest BCUT2D eigenvalue weighted by atomic mass is 31.2. The summed E-state index contributed by atoms with van der Waals surface area (Å²) in [4.78, 5) is 34.9. The van der Waals surface area contributed by atoms with Crippen molar-refractivity contribution in [2.75, 3.05) is 26.4 Å². The third-order valence-electron chi connectivity index (χ3n) is 11.3. The summed E-state index contributed by atoms with van der Waals surface area (Å²) in [5.41, 5.74) is 5.36. The van der Waals surface area contributed by atoms with Crippen molar-refractivity contribution in [1.82, 2.24) is 0 Å². The number of carbonyl (C=O) groups excluding carboxylic acids is 2. The first kappa shape index (κ1) is 68.2. The molecular weight excluding hydrogens is 918 g/mol.